The van der Waals surface area contributed by atoms with Gasteiger partial charge in [0.15, 0.2) is 18.1 Å². The van der Waals surface area contributed by atoms with Gasteiger partial charge in [-0.3, -0.25) is 0 Å². The zero-order chi connectivity index (χ0) is 19.2. The normalized spacial score (nSPS) is 11.2. The first-order valence-corrected chi connectivity index (χ1v) is 7.68. The zero-order valence-electron chi connectivity index (χ0n) is 14.0. The smallest absolute Gasteiger partial charge is 0.422 e. The molecule has 5 nitrogen and oxygen atoms in total. The lowest BCUT2D eigenvalue weighted by atomic mass is 10.1. The number of alkyl halides is 3. The van der Waals surface area contributed by atoms with Crippen LogP contribution in [0.3, 0.4) is 0 Å². The van der Waals surface area contributed by atoms with E-state index in [1.54, 1.807) is 30.3 Å². The van der Waals surface area contributed by atoms with Gasteiger partial charge in [0, 0.05) is 13.1 Å². The predicted octanol–water partition coefficient (Wildman–Crippen LogP) is 3.62. The van der Waals surface area contributed by atoms with Crippen LogP contribution in [0.5, 0.6) is 11.5 Å². The number of carboxylic acids is 1. The van der Waals surface area contributed by atoms with E-state index in [-0.39, 0.29) is 17.1 Å². The lowest BCUT2D eigenvalue weighted by Gasteiger charge is -2.14. The number of hydrogen-bond acceptors (Lipinski definition) is 4. The number of halogens is 3. The Morgan fingerprint density at radius 1 is 1.08 bits per heavy atom. The summed E-state index contributed by atoms with van der Waals surface area (Å²) in [6.07, 6.45) is -4.42. The third-order valence-corrected chi connectivity index (χ3v) is 3.45. The van der Waals surface area contributed by atoms with Crippen LogP contribution in [0.2, 0.25) is 0 Å². The fourth-order valence-electron chi connectivity index (χ4n) is 2.27. The quantitative estimate of drug-likeness (QED) is 0.744. The van der Waals surface area contributed by atoms with E-state index in [1.807, 2.05) is 0 Å². The average Bonchev–Trinajstić information content (AvgIpc) is 2.60. The highest BCUT2D eigenvalue weighted by atomic mass is 19.4. The lowest BCUT2D eigenvalue weighted by molar-refractivity contribution is -0.153. The summed E-state index contributed by atoms with van der Waals surface area (Å²) < 4.78 is 46.6. The van der Waals surface area contributed by atoms with E-state index in [4.69, 9.17) is 14.6 Å². The highest BCUT2D eigenvalue weighted by molar-refractivity contribution is 5.87. The second kappa shape index (κ2) is 8.57. The molecule has 0 saturated carbocycles. The predicted molar refractivity (Wildman–Crippen MR) is 88.5 cm³/mol. The average molecular weight is 369 g/mol. The zero-order valence-corrected chi connectivity index (χ0v) is 14.0. The Hall–Kier alpha value is -2.74. The van der Waals surface area contributed by atoms with Gasteiger partial charge in [-0.15, -0.1) is 0 Å². The molecule has 26 heavy (non-hydrogen) atoms. The molecule has 0 unspecified atom stereocenters. The molecule has 0 aliphatic rings. The fourth-order valence-corrected chi connectivity index (χ4v) is 2.27. The fraction of sp³-hybridized carbons (Fsp3) is 0.278. The largest absolute Gasteiger partial charge is 0.493 e. The Kier molecular flexibility index (Phi) is 6.46. The van der Waals surface area contributed by atoms with Crippen LogP contribution in [0, 0.1) is 0 Å². The molecular formula is C18H18F3NO4. The molecule has 2 aromatic rings. The second-order valence-electron chi connectivity index (χ2n) is 5.50. The van der Waals surface area contributed by atoms with E-state index in [2.05, 4.69) is 5.32 Å². The lowest BCUT2D eigenvalue weighted by Crippen LogP contribution is -2.19. The third-order valence-electron chi connectivity index (χ3n) is 3.45. The van der Waals surface area contributed by atoms with E-state index >= 15 is 0 Å². The number of carbonyl (C=O) groups is 1. The molecule has 0 heterocycles. The van der Waals surface area contributed by atoms with Crippen LogP contribution in [0.25, 0.3) is 0 Å². The van der Waals surface area contributed by atoms with Gasteiger partial charge < -0.3 is 19.9 Å². The Labute approximate surface area is 148 Å². The summed E-state index contributed by atoms with van der Waals surface area (Å²) >= 11 is 0. The van der Waals surface area contributed by atoms with Crippen molar-refractivity contribution in [1.29, 1.82) is 0 Å². The number of carboxylic acid groups (broad SMARTS) is 1. The first-order valence-electron chi connectivity index (χ1n) is 7.68. The van der Waals surface area contributed by atoms with Gasteiger partial charge in [-0.1, -0.05) is 18.2 Å². The maximum atomic E-state index is 12.2. The summed E-state index contributed by atoms with van der Waals surface area (Å²) in [6.45, 7) is -0.524. The molecule has 0 bridgehead atoms. The summed E-state index contributed by atoms with van der Waals surface area (Å²) in [5.41, 5.74) is 1.80. The van der Waals surface area contributed by atoms with Crippen molar-refractivity contribution in [1.82, 2.24) is 5.32 Å². The molecule has 0 fully saturated rings. The molecule has 0 aromatic heterocycles. The minimum atomic E-state index is -4.42. The number of ether oxygens (including phenoxy) is 2. The standard InChI is InChI=1S/C18H18F3NO4/c1-25-16-8-13(5-6-15(16)26-11-18(19,20)21)10-22-9-12-3-2-4-14(7-12)17(23)24/h2-8,22H,9-11H2,1H3,(H,23,24). The molecule has 0 radical (unpaired) electrons. The molecule has 2 aromatic carbocycles. The summed E-state index contributed by atoms with van der Waals surface area (Å²) in [6, 6.07) is 11.2. The molecule has 2 rings (SSSR count). The molecule has 0 atom stereocenters. The van der Waals surface area contributed by atoms with Gasteiger partial charge in [-0.2, -0.15) is 13.2 Å². The third kappa shape index (κ3) is 5.96. The van der Waals surface area contributed by atoms with Crippen molar-refractivity contribution in [2.24, 2.45) is 0 Å². The van der Waals surface area contributed by atoms with Crippen LogP contribution in [0.4, 0.5) is 13.2 Å². The monoisotopic (exact) mass is 369 g/mol. The highest BCUT2D eigenvalue weighted by Gasteiger charge is 2.29. The van der Waals surface area contributed by atoms with E-state index in [0.717, 1.165) is 11.1 Å². The summed E-state index contributed by atoms with van der Waals surface area (Å²) in [4.78, 5) is 10.9. The number of nitrogens with one attached hydrogen (secondary N) is 1. The van der Waals surface area contributed by atoms with Crippen molar-refractivity contribution in [3.05, 3.63) is 59.2 Å². The van der Waals surface area contributed by atoms with Crippen LogP contribution in [0.1, 0.15) is 21.5 Å². The minimum Gasteiger partial charge on any atom is -0.493 e. The number of rotatable bonds is 8. The van der Waals surface area contributed by atoms with Gasteiger partial charge in [0.05, 0.1) is 12.7 Å². The number of benzene rings is 2. The molecular weight excluding hydrogens is 351 g/mol. The van der Waals surface area contributed by atoms with Crippen LogP contribution >= 0.6 is 0 Å². The summed E-state index contributed by atoms with van der Waals surface area (Å²) in [7, 11) is 1.35. The Morgan fingerprint density at radius 3 is 2.38 bits per heavy atom. The van der Waals surface area contributed by atoms with Gasteiger partial charge in [0.25, 0.3) is 0 Å². The van der Waals surface area contributed by atoms with E-state index in [1.165, 1.54) is 19.2 Å². The van der Waals surface area contributed by atoms with Crippen molar-refractivity contribution in [2.75, 3.05) is 13.7 Å². The van der Waals surface area contributed by atoms with Crippen LogP contribution in [0.15, 0.2) is 42.5 Å². The van der Waals surface area contributed by atoms with Crippen molar-refractivity contribution in [2.45, 2.75) is 19.3 Å². The van der Waals surface area contributed by atoms with Crippen LogP contribution in [-0.2, 0) is 13.1 Å². The maximum Gasteiger partial charge on any atom is 0.422 e. The molecule has 0 aliphatic carbocycles. The molecule has 0 saturated heterocycles. The van der Waals surface area contributed by atoms with Gasteiger partial charge in [0.2, 0.25) is 0 Å². The molecule has 8 heteroatoms. The van der Waals surface area contributed by atoms with Crippen molar-refractivity contribution < 1.29 is 32.5 Å². The maximum absolute atomic E-state index is 12.2. The summed E-state index contributed by atoms with van der Waals surface area (Å²) in [5, 5.41) is 12.1. The van der Waals surface area contributed by atoms with Crippen LogP contribution in [-0.4, -0.2) is 31.0 Å². The molecule has 0 spiro atoms. The van der Waals surface area contributed by atoms with Crippen molar-refractivity contribution in [3.8, 4) is 11.5 Å². The second-order valence-corrected chi connectivity index (χ2v) is 5.50. The highest BCUT2D eigenvalue weighted by Crippen LogP contribution is 2.29. The van der Waals surface area contributed by atoms with Gasteiger partial charge in [-0.05, 0) is 35.4 Å². The first-order chi connectivity index (χ1) is 12.3. The minimum absolute atomic E-state index is 0.0164. The number of methoxy groups -OCH3 is 1. The van der Waals surface area contributed by atoms with Crippen molar-refractivity contribution >= 4 is 5.97 Å². The number of aromatic carboxylic acids is 1. The molecule has 0 aliphatic heterocycles. The summed E-state index contributed by atoms with van der Waals surface area (Å²) in [5.74, 6) is -0.768. The molecule has 2 N–H and O–H groups in total. The van der Waals surface area contributed by atoms with Gasteiger partial charge in [-0.25, -0.2) is 4.79 Å². The SMILES string of the molecule is COc1cc(CNCc2cccc(C(=O)O)c2)ccc1OCC(F)(F)F. The number of hydrogen-bond donors (Lipinski definition) is 2. The Morgan fingerprint density at radius 2 is 1.77 bits per heavy atom. The Balaban J connectivity index is 1.95. The van der Waals surface area contributed by atoms with E-state index in [9.17, 15) is 18.0 Å². The van der Waals surface area contributed by atoms with E-state index in [0.29, 0.717) is 13.1 Å². The van der Waals surface area contributed by atoms with E-state index < -0.39 is 18.8 Å². The van der Waals surface area contributed by atoms with Crippen molar-refractivity contribution in [3.63, 3.8) is 0 Å². The topological polar surface area (TPSA) is 67.8 Å². The molecule has 0 amide bonds. The van der Waals surface area contributed by atoms with Crippen LogP contribution < -0.4 is 14.8 Å². The van der Waals surface area contributed by atoms with Gasteiger partial charge >= 0.3 is 12.1 Å². The first kappa shape index (κ1) is 19.6. The Bertz CT molecular complexity index is 762. The molecule has 140 valence electrons. The van der Waals surface area contributed by atoms with Gasteiger partial charge in [0.1, 0.15) is 0 Å².